The lowest BCUT2D eigenvalue weighted by molar-refractivity contribution is -0.153. The van der Waals surface area contributed by atoms with E-state index in [9.17, 15) is 30.8 Å². The van der Waals surface area contributed by atoms with Crippen LogP contribution in [-0.4, -0.2) is 64.5 Å². The minimum atomic E-state index is -3.59. The largest absolute Gasteiger partial charge is 0.384 e. The minimum Gasteiger partial charge on any atom is -0.384 e. The summed E-state index contributed by atoms with van der Waals surface area (Å²) in [4.78, 5) is 14.8. The van der Waals surface area contributed by atoms with Gasteiger partial charge in [0.05, 0.1) is 36.4 Å². The Morgan fingerprint density at radius 3 is 2.47 bits per heavy atom. The molecule has 0 spiro atoms. The van der Waals surface area contributed by atoms with Crippen LogP contribution >= 0.6 is 0 Å². The second-order valence-corrected chi connectivity index (χ2v) is 10.7. The second kappa shape index (κ2) is 8.94. The topological polar surface area (TPSA) is 75.7 Å². The molecule has 184 valence electrons. The van der Waals surface area contributed by atoms with Gasteiger partial charge in [0.1, 0.15) is 23.6 Å². The maximum absolute atomic E-state index is 14.5. The Kier molecular flexibility index (Phi) is 6.47. The number of sulfonamides is 1. The van der Waals surface area contributed by atoms with Crippen molar-refractivity contribution in [3.05, 3.63) is 59.4 Å². The molecule has 1 aliphatic heterocycles. The van der Waals surface area contributed by atoms with Gasteiger partial charge in [-0.1, -0.05) is 12.1 Å². The van der Waals surface area contributed by atoms with E-state index < -0.39 is 62.5 Å². The number of nitrogens with zero attached hydrogens (tertiary/aromatic N) is 1. The van der Waals surface area contributed by atoms with Gasteiger partial charge in [0.2, 0.25) is 15.9 Å². The number of carbonyl (C=O) groups is 1. The summed E-state index contributed by atoms with van der Waals surface area (Å²) in [6.45, 7) is -0.528. The Morgan fingerprint density at radius 1 is 1.21 bits per heavy atom. The molecule has 0 bridgehead atoms. The van der Waals surface area contributed by atoms with E-state index in [1.54, 1.807) is 0 Å². The summed E-state index contributed by atoms with van der Waals surface area (Å²) in [7, 11) is -2.19. The van der Waals surface area contributed by atoms with Crippen LogP contribution in [0, 0.1) is 22.9 Å². The van der Waals surface area contributed by atoms with Gasteiger partial charge in [-0.05, 0) is 41.8 Å². The van der Waals surface area contributed by atoms with E-state index in [0.717, 1.165) is 30.5 Å². The number of benzene rings is 2. The molecule has 4 rings (SSSR count). The van der Waals surface area contributed by atoms with Crippen LogP contribution in [0.1, 0.15) is 17.9 Å². The molecule has 2 fully saturated rings. The third-order valence-electron chi connectivity index (χ3n) is 6.53. The molecule has 0 aromatic heterocycles. The van der Waals surface area contributed by atoms with Crippen LogP contribution in [0.15, 0.2) is 36.4 Å². The van der Waals surface area contributed by atoms with Crippen molar-refractivity contribution < 1.29 is 35.5 Å². The monoisotopic (exact) mass is 500 g/mol. The highest BCUT2D eigenvalue weighted by atomic mass is 32.2. The van der Waals surface area contributed by atoms with Crippen LogP contribution in [0.3, 0.4) is 0 Å². The predicted octanol–water partition coefficient (Wildman–Crippen LogP) is 2.99. The van der Waals surface area contributed by atoms with Gasteiger partial charge in [-0.3, -0.25) is 4.79 Å². The average Bonchev–Trinajstić information content (AvgIpc) is 3.46. The van der Waals surface area contributed by atoms with Gasteiger partial charge >= 0.3 is 0 Å². The van der Waals surface area contributed by atoms with E-state index in [4.69, 9.17) is 4.74 Å². The van der Waals surface area contributed by atoms with Crippen molar-refractivity contribution in [2.45, 2.75) is 24.6 Å². The summed E-state index contributed by atoms with van der Waals surface area (Å²) in [6, 6.07) is 5.92. The van der Waals surface area contributed by atoms with Crippen LogP contribution in [-0.2, 0) is 19.6 Å². The van der Waals surface area contributed by atoms with E-state index in [1.165, 1.54) is 24.1 Å². The number of carbonyl (C=O) groups excluding carboxylic acids is 1. The molecule has 4 atom stereocenters. The highest BCUT2D eigenvalue weighted by Crippen LogP contribution is 2.62. The molecule has 2 aromatic carbocycles. The van der Waals surface area contributed by atoms with Gasteiger partial charge in [0.25, 0.3) is 0 Å². The third kappa shape index (κ3) is 4.44. The summed E-state index contributed by atoms with van der Waals surface area (Å²) in [5.41, 5.74) is -1.18. The molecular formula is C23H24F4N2O4S. The molecule has 1 amide bonds. The predicted molar refractivity (Wildman–Crippen MR) is 117 cm³/mol. The fourth-order valence-corrected chi connectivity index (χ4v) is 5.20. The maximum Gasteiger partial charge on any atom is 0.232 e. The van der Waals surface area contributed by atoms with Crippen LogP contribution in [0.25, 0.3) is 11.1 Å². The number of rotatable bonds is 8. The van der Waals surface area contributed by atoms with Crippen LogP contribution < -0.4 is 4.72 Å². The second-order valence-electron chi connectivity index (χ2n) is 8.84. The molecule has 1 saturated carbocycles. The first kappa shape index (κ1) is 24.6. The number of alkyl halides is 1. The number of ether oxygens (including phenoxy) is 1. The highest BCUT2D eigenvalue weighted by molar-refractivity contribution is 7.88. The Balaban J connectivity index is 1.67. The zero-order valence-corrected chi connectivity index (χ0v) is 19.3. The Hall–Kier alpha value is -2.50. The molecule has 6 nitrogen and oxygen atoms in total. The van der Waals surface area contributed by atoms with Gasteiger partial charge in [-0.2, -0.15) is 0 Å². The number of hydrogen-bond acceptors (Lipinski definition) is 4. The first-order valence-electron chi connectivity index (χ1n) is 10.6. The Bertz CT molecular complexity index is 1210. The maximum atomic E-state index is 14.5. The van der Waals surface area contributed by atoms with Gasteiger partial charge in [0, 0.05) is 19.6 Å². The molecule has 1 saturated heterocycles. The number of halogens is 4. The normalized spacial score (nSPS) is 26.3. The molecule has 34 heavy (non-hydrogen) atoms. The van der Waals surface area contributed by atoms with E-state index >= 15 is 0 Å². The molecule has 2 aliphatic rings. The van der Waals surface area contributed by atoms with Crippen molar-refractivity contribution in [2.75, 3.05) is 33.1 Å². The highest BCUT2D eigenvalue weighted by Gasteiger charge is 2.64. The molecule has 1 heterocycles. The van der Waals surface area contributed by atoms with E-state index in [0.29, 0.717) is 5.56 Å². The first-order valence-corrected chi connectivity index (χ1v) is 12.5. The first-order chi connectivity index (χ1) is 16.0. The standard InChI is InChI=1S/C23H24F4N2O4S/c1-33-12-23(22(30)29-11-19(27)20(29)10-28-34(2,31)32)9-16(23)14-7-6-13(24)8-15(14)21-17(25)4-3-5-18(21)26/h3-8,16,19-20,28H,9-12H2,1-2H3/t16?,19-,20-,23?/m1/s1. The quantitative estimate of drug-likeness (QED) is 0.566. The molecule has 0 radical (unpaired) electrons. The number of amides is 1. The molecule has 2 unspecified atom stereocenters. The molecule has 11 heteroatoms. The van der Waals surface area contributed by atoms with Crippen molar-refractivity contribution >= 4 is 15.9 Å². The van der Waals surface area contributed by atoms with Gasteiger partial charge in [0.15, 0.2) is 0 Å². The van der Waals surface area contributed by atoms with Crippen molar-refractivity contribution in [1.82, 2.24) is 9.62 Å². The summed E-state index contributed by atoms with van der Waals surface area (Å²) >= 11 is 0. The minimum absolute atomic E-state index is 0.00588. The number of hydrogen-bond donors (Lipinski definition) is 1. The van der Waals surface area contributed by atoms with Gasteiger partial charge < -0.3 is 9.64 Å². The number of nitrogens with one attached hydrogen (secondary N) is 1. The van der Waals surface area contributed by atoms with Crippen molar-refractivity contribution in [3.8, 4) is 11.1 Å². The van der Waals surface area contributed by atoms with Crippen molar-refractivity contribution in [1.29, 1.82) is 0 Å². The average molecular weight is 501 g/mol. The van der Waals surface area contributed by atoms with Crippen LogP contribution in [0.2, 0.25) is 0 Å². The summed E-state index contributed by atoms with van der Waals surface area (Å²) in [5.74, 6) is -3.44. The van der Waals surface area contributed by atoms with Crippen molar-refractivity contribution in [2.24, 2.45) is 5.41 Å². The molecule has 2 aromatic rings. The number of methoxy groups -OCH3 is 1. The summed E-state index contributed by atoms with van der Waals surface area (Å²) in [6.07, 6.45) is -0.218. The third-order valence-corrected chi connectivity index (χ3v) is 7.22. The summed E-state index contributed by atoms with van der Waals surface area (Å²) < 4.78 is 87.7. The molecule has 1 N–H and O–H groups in total. The summed E-state index contributed by atoms with van der Waals surface area (Å²) in [5, 5.41) is 0. The van der Waals surface area contributed by atoms with E-state index in [2.05, 4.69) is 4.72 Å². The zero-order valence-electron chi connectivity index (χ0n) is 18.5. The smallest absolute Gasteiger partial charge is 0.232 e. The van der Waals surface area contributed by atoms with Gasteiger partial charge in [-0.25, -0.2) is 30.7 Å². The lowest BCUT2D eigenvalue weighted by atomic mass is 9.89. The lowest BCUT2D eigenvalue weighted by Gasteiger charge is -2.45. The fraction of sp³-hybridized carbons (Fsp3) is 0.435. The lowest BCUT2D eigenvalue weighted by Crippen LogP contribution is -2.65. The van der Waals surface area contributed by atoms with Crippen molar-refractivity contribution in [3.63, 3.8) is 0 Å². The van der Waals surface area contributed by atoms with E-state index in [-0.39, 0.29) is 31.7 Å². The fourth-order valence-electron chi connectivity index (χ4n) is 4.73. The SMILES string of the molecule is COCC1(C(=O)N2C[C@@H](F)[C@H]2CNS(C)(=O)=O)CC1c1ccc(F)cc1-c1c(F)cccc1F. The van der Waals surface area contributed by atoms with Crippen LogP contribution in [0.5, 0.6) is 0 Å². The molecule has 1 aliphatic carbocycles. The molecular weight excluding hydrogens is 476 g/mol. The van der Waals surface area contributed by atoms with Crippen LogP contribution in [0.4, 0.5) is 17.6 Å². The Labute approximate surface area is 194 Å². The van der Waals surface area contributed by atoms with E-state index in [1.807, 2.05) is 0 Å². The number of likely N-dealkylation sites (tertiary alicyclic amines) is 1. The van der Waals surface area contributed by atoms with Gasteiger partial charge in [-0.15, -0.1) is 0 Å². The zero-order chi connectivity index (χ0) is 24.8. The Morgan fingerprint density at radius 2 is 1.88 bits per heavy atom.